The summed E-state index contributed by atoms with van der Waals surface area (Å²) in [6.45, 7) is 5.22. The summed E-state index contributed by atoms with van der Waals surface area (Å²) in [6.07, 6.45) is 11.0. The SMILES string of the molecule is Cc1cc(-c2cnc(N)c(-n3cc(C(=O)N(C)CCOC4CCCC4)cn3)n2)cc2c1CCN(C)C2. The molecule has 2 N–H and O–H groups in total. The number of rotatable bonds is 7. The number of anilines is 1. The monoisotopic (exact) mass is 489 g/mol. The Balaban J connectivity index is 1.32. The minimum atomic E-state index is -0.117. The molecule has 0 bridgehead atoms. The Bertz CT molecular complexity index is 1250. The molecule has 1 amide bonds. The summed E-state index contributed by atoms with van der Waals surface area (Å²) >= 11 is 0. The third kappa shape index (κ3) is 5.12. The molecule has 2 aromatic heterocycles. The minimum Gasteiger partial charge on any atom is -0.381 e. The summed E-state index contributed by atoms with van der Waals surface area (Å²) in [6, 6.07) is 4.36. The van der Waals surface area contributed by atoms with Crippen LogP contribution >= 0.6 is 0 Å². The molecule has 0 saturated heterocycles. The topological polar surface area (TPSA) is 102 Å². The van der Waals surface area contributed by atoms with Gasteiger partial charge in [0.2, 0.25) is 0 Å². The summed E-state index contributed by atoms with van der Waals surface area (Å²) in [4.78, 5) is 26.1. The van der Waals surface area contributed by atoms with E-state index >= 15 is 0 Å². The normalized spacial score (nSPS) is 16.3. The van der Waals surface area contributed by atoms with Gasteiger partial charge >= 0.3 is 0 Å². The molecule has 2 aliphatic rings. The van der Waals surface area contributed by atoms with Crippen LogP contribution in [0.5, 0.6) is 0 Å². The van der Waals surface area contributed by atoms with Crippen LogP contribution < -0.4 is 5.73 Å². The highest BCUT2D eigenvalue weighted by Gasteiger charge is 2.20. The molecule has 36 heavy (non-hydrogen) atoms. The zero-order chi connectivity index (χ0) is 25.2. The highest BCUT2D eigenvalue weighted by Crippen LogP contribution is 2.29. The number of hydrogen-bond donors (Lipinski definition) is 1. The third-order valence-electron chi connectivity index (χ3n) is 7.30. The van der Waals surface area contributed by atoms with Crippen molar-refractivity contribution in [3.63, 3.8) is 0 Å². The van der Waals surface area contributed by atoms with E-state index in [1.54, 1.807) is 30.5 Å². The van der Waals surface area contributed by atoms with Crippen molar-refractivity contribution in [3.05, 3.63) is 53.0 Å². The summed E-state index contributed by atoms with van der Waals surface area (Å²) in [5.41, 5.74) is 12.4. The molecule has 0 unspecified atom stereocenters. The van der Waals surface area contributed by atoms with Gasteiger partial charge in [-0.3, -0.25) is 4.79 Å². The molecule has 1 fully saturated rings. The summed E-state index contributed by atoms with van der Waals surface area (Å²) in [5, 5.41) is 4.38. The molecule has 9 heteroatoms. The van der Waals surface area contributed by atoms with Gasteiger partial charge in [0.25, 0.3) is 5.91 Å². The molecule has 190 valence electrons. The van der Waals surface area contributed by atoms with Gasteiger partial charge in [0.15, 0.2) is 11.6 Å². The zero-order valence-corrected chi connectivity index (χ0v) is 21.4. The fourth-order valence-corrected chi connectivity index (χ4v) is 5.19. The highest BCUT2D eigenvalue weighted by molar-refractivity contribution is 5.93. The second-order valence-electron chi connectivity index (χ2n) is 10.1. The number of nitrogens with two attached hydrogens (primary N) is 1. The Morgan fingerprint density at radius 3 is 2.86 bits per heavy atom. The average Bonchev–Trinajstić information content (AvgIpc) is 3.56. The second kappa shape index (κ2) is 10.4. The molecular formula is C27H35N7O2. The molecule has 1 aromatic carbocycles. The Kier molecular flexibility index (Phi) is 7.02. The Labute approximate surface area is 212 Å². The molecule has 0 spiro atoms. The number of carbonyl (C=O) groups is 1. The van der Waals surface area contributed by atoms with Crippen molar-refractivity contribution in [1.29, 1.82) is 0 Å². The number of carbonyl (C=O) groups excluding carboxylic acids is 1. The summed E-state index contributed by atoms with van der Waals surface area (Å²) in [7, 11) is 3.92. The third-order valence-corrected chi connectivity index (χ3v) is 7.30. The van der Waals surface area contributed by atoms with Crippen LogP contribution in [-0.4, -0.2) is 75.4 Å². The smallest absolute Gasteiger partial charge is 0.256 e. The lowest BCUT2D eigenvalue weighted by Crippen LogP contribution is -2.30. The number of aryl methyl sites for hydroxylation is 1. The predicted molar refractivity (Wildman–Crippen MR) is 139 cm³/mol. The van der Waals surface area contributed by atoms with Gasteiger partial charge in [0.1, 0.15) is 0 Å². The maximum atomic E-state index is 12.9. The van der Waals surface area contributed by atoms with Gasteiger partial charge < -0.3 is 20.3 Å². The van der Waals surface area contributed by atoms with Crippen molar-refractivity contribution in [2.45, 2.75) is 51.7 Å². The first-order chi connectivity index (χ1) is 17.4. The Morgan fingerprint density at radius 1 is 1.25 bits per heavy atom. The fourth-order valence-electron chi connectivity index (χ4n) is 5.19. The molecular weight excluding hydrogens is 454 g/mol. The first-order valence-corrected chi connectivity index (χ1v) is 12.7. The van der Waals surface area contributed by atoms with Crippen molar-refractivity contribution in [2.75, 3.05) is 39.5 Å². The number of aromatic nitrogens is 4. The van der Waals surface area contributed by atoms with Crippen molar-refractivity contribution in [1.82, 2.24) is 29.5 Å². The molecule has 0 atom stereocenters. The van der Waals surface area contributed by atoms with Crippen molar-refractivity contribution >= 4 is 11.7 Å². The van der Waals surface area contributed by atoms with Gasteiger partial charge in [-0.15, -0.1) is 0 Å². The molecule has 1 saturated carbocycles. The van der Waals surface area contributed by atoms with Crippen LogP contribution in [0.3, 0.4) is 0 Å². The lowest BCUT2D eigenvalue weighted by atomic mass is 9.92. The van der Waals surface area contributed by atoms with E-state index in [-0.39, 0.29) is 11.7 Å². The number of ether oxygens (including phenoxy) is 1. The minimum absolute atomic E-state index is 0.117. The Morgan fingerprint density at radius 2 is 2.06 bits per heavy atom. The van der Waals surface area contributed by atoms with Crippen LogP contribution in [0.15, 0.2) is 30.7 Å². The molecule has 1 aliphatic heterocycles. The molecule has 0 radical (unpaired) electrons. The van der Waals surface area contributed by atoms with E-state index in [4.69, 9.17) is 15.5 Å². The molecule has 5 rings (SSSR count). The van der Waals surface area contributed by atoms with Crippen LogP contribution in [0.1, 0.15) is 52.7 Å². The number of fused-ring (bicyclic) bond motifs is 1. The van der Waals surface area contributed by atoms with Crippen LogP contribution in [-0.2, 0) is 17.7 Å². The van der Waals surface area contributed by atoms with Gasteiger partial charge in [-0.2, -0.15) is 5.10 Å². The van der Waals surface area contributed by atoms with E-state index < -0.39 is 0 Å². The van der Waals surface area contributed by atoms with Crippen molar-refractivity contribution in [2.24, 2.45) is 0 Å². The predicted octanol–water partition coefficient (Wildman–Crippen LogP) is 3.24. The first-order valence-electron chi connectivity index (χ1n) is 12.7. The fraction of sp³-hybridized carbons (Fsp3) is 0.481. The van der Waals surface area contributed by atoms with E-state index in [9.17, 15) is 4.79 Å². The number of likely N-dealkylation sites (N-methyl/N-ethyl adjacent to an activating group) is 2. The summed E-state index contributed by atoms with van der Waals surface area (Å²) in [5.74, 6) is 0.549. The van der Waals surface area contributed by atoms with Crippen LogP contribution in [0, 0.1) is 6.92 Å². The molecule has 1 aliphatic carbocycles. The molecule has 3 aromatic rings. The van der Waals surface area contributed by atoms with E-state index in [0.29, 0.717) is 30.6 Å². The van der Waals surface area contributed by atoms with Crippen LogP contribution in [0.4, 0.5) is 5.82 Å². The van der Waals surface area contributed by atoms with Crippen molar-refractivity contribution in [3.8, 4) is 17.1 Å². The quantitative estimate of drug-likeness (QED) is 0.543. The van der Waals surface area contributed by atoms with Gasteiger partial charge in [0.05, 0.1) is 36.4 Å². The highest BCUT2D eigenvalue weighted by atomic mass is 16.5. The molecule has 3 heterocycles. The van der Waals surface area contributed by atoms with E-state index in [2.05, 4.69) is 41.1 Å². The zero-order valence-electron chi connectivity index (χ0n) is 21.4. The maximum absolute atomic E-state index is 12.9. The van der Waals surface area contributed by atoms with Crippen molar-refractivity contribution < 1.29 is 9.53 Å². The standard InChI is InChI=1S/C27H35N7O2/c1-18-12-19(13-20-16-32(2)9-8-23(18)20)24-15-29-25(28)26(31-24)34-17-21(14-30-34)27(35)33(3)10-11-36-22-6-4-5-7-22/h12-15,17,22H,4-11,16H2,1-3H3,(H2,28,29). The largest absolute Gasteiger partial charge is 0.381 e. The van der Waals surface area contributed by atoms with E-state index in [1.807, 2.05) is 0 Å². The van der Waals surface area contributed by atoms with Gasteiger partial charge in [0, 0.05) is 38.4 Å². The lowest BCUT2D eigenvalue weighted by molar-refractivity contribution is 0.0412. The second-order valence-corrected chi connectivity index (χ2v) is 10.1. The van der Waals surface area contributed by atoms with Gasteiger partial charge in [-0.25, -0.2) is 14.6 Å². The van der Waals surface area contributed by atoms with Crippen LogP contribution in [0.25, 0.3) is 17.1 Å². The first kappa shape index (κ1) is 24.4. The number of benzene rings is 1. The number of nitrogen functional groups attached to an aromatic ring is 1. The number of amides is 1. The lowest BCUT2D eigenvalue weighted by Gasteiger charge is -2.27. The maximum Gasteiger partial charge on any atom is 0.256 e. The van der Waals surface area contributed by atoms with E-state index in [1.165, 1.54) is 34.2 Å². The van der Waals surface area contributed by atoms with E-state index in [0.717, 1.165) is 43.6 Å². The molecule has 9 nitrogen and oxygen atoms in total. The Hall–Kier alpha value is -3.30. The summed E-state index contributed by atoms with van der Waals surface area (Å²) < 4.78 is 7.43. The number of nitrogens with zero attached hydrogens (tertiary/aromatic N) is 6. The van der Waals surface area contributed by atoms with Gasteiger partial charge in [-0.1, -0.05) is 12.8 Å². The van der Waals surface area contributed by atoms with Gasteiger partial charge in [-0.05, 0) is 62.1 Å². The number of hydrogen-bond acceptors (Lipinski definition) is 7. The average molecular weight is 490 g/mol. The van der Waals surface area contributed by atoms with Crippen LogP contribution in [0.2, 0.25) is 0 Å².